The number of hydrogen-bond donors (Lipinski definition) is 1. The number of hydrazone groups is 1. The lowest BCUT2D eigenvalue weighted by Gasteiger charge is -1.86. The highest BCUT2D eigenvalue weighted by Gasteiger charge is 2.01. The van der Waals surface area contributed by atoms with Crippen LogP contribution in [0.3, 0.4) is 0 Å². The van der Waals surface area contributed by atoms with E-state index in [1.807, 2.05) is 18.2 Å². The number of nitriles is 2. The van der Waals surface area contributed by atoms with Crippen LogP contribution in [0.15, 0.2) is 23.3 Å². The van der Waals surface area contributed by atoms with Crippen molar-refractivity contribution in [1.82, 2.24) is 4.98 Å². The van der Waals surface area contributed by atoms with Crippen LogP contribution in [0.5, 0.6) is 0 Å². The highest BCUT2D eigenvalue weighted by molar-refractivity contribution is 7.20. The zero-order chi connectivity index (χ0) is 13.3. The fourth-order valence-corrected chi connectivity index (χ4v) is 2.03. The molecule has 0 atom stereocenters. The van der Waals surface area contributed by atoms with Gasteiger partial charge in [-0.3, -0.25) is 0 Å². The van der Waals surface area contributed by atoms with E-state index >= 15 is 0 Å². The molecular weight excluding hydrogens is 258 g/mol. The molecule has 86 valence electrons. The van der Waals surface area contributed by atoms with E-state index in [0.29, 0.717) is 5.02 Å². The molecule has 0 unspecified atom stereocenters. The number of thiazole rings is 1. The minimum atomic E-state index is 0.689. The third-order valence-electron chi connectivity index (χ3n) is 1.55. The van der Waals surface area contributed by atoms with Crippen LogP contribution in [0.2, 0.25) is 5.02 Å². The Balaban J connectivity index is 0.000000581. The highest BCUT2D eigenvalue weighted by atomic mass is 35.5. The first-order chi connectivity index (χ1) is 8.29. The van der Waals surface area contributed by atoms with Gasteiger partial charge >= 0.3 is 0 Å². The molecule has 0 aliphatic heterocycles. The van der Waals surface area contributed by atoms with Gasteiger partial charge in [0.05, 0.1) is 16.4 Å². The molecule has 0 aliphatic rings. The molecule has 0 spiro atoms. The van der Waals surface area contributed by atoms with Crippen molar-refractivity contribution in [3.8, 4) is 13.1 Å². The SMILES string of the molecule is C#N.C#N.NN=Cc1nc2cc(Cl)ccc2s1. The lowest BCUT2D eigenvalue weighted by molar-refractivity contribution is 1.26. The van der Waals surface area contributed by atoms with E-state index in [1.165, 1.54) is 17.6 Å². The molecule has 1 heterocycles. The smallest absolute Gasteiger partial charge is 0.137 e. The molecule has 0 aliphatic carbocycles. The van der Waals surface area contributed by atoms with Crippen molar-refractivity contribution >= 4 is 39.4 Å². The van der Waals surface area contributed by atoms with Crippen LogP contribution < -0.4 is 5.84 Å². The summed E-state index contributed by atoms with van der Waals surface area (Å²) in [6.07, 6.45) is 1.53. The highest BCUT2D eigenvalue weighted by Crippen LogP contribution is 2.23. The van der Waals surface area contributed by atoms with Crippen molar-refractivity contribution in [1.29, 1.82) is 10.5 Å². The van der Waals surface area contributed by atoms with Crippen LogP contribution in [-0.4, -0.2) is 11.2 Å². The molecule has 5 nitrogen and oxygen atoms in total. The van der Waals surface area contributed by atoms with Crippen LogP contribution in [0.1, 0.15) is 5.01 Å². The van der Waals surface area contributed by atoms with Crippen LogP contribution >= 0.6 is 22.9 Å². The molecule has 0 fully saturated rings. The first-order valence-electron chi connectivity index (χ1n) is 4.10. The Kier molecular flexibility index (Phi) is 7.04. The summed E-state index contributed by atoms with van der Waals surface area (Å²) in [6, 6.07) is 5.59. The van der Waals surface area contributed by atoms with Gasteiger partial charge in [0.2, 0.25) is 0 Å². The average molecular weight is 266 g/mol. The second-order valence-electron chi connectivity index (χ2n) is 2.44. The van der Waals surface area contributed by atoms with Crippen molar-refractivity contribution in [2.75, 3.05) is 0 Å². The zero-order valence-electron chi connectivity index (χ0n) is 8.62. The van der Waals surface area contributed by atoms with Crippen LogP contribution in [0.4, 0.5) is 0 Å². The number of halogens is 1. The van der Waals surface area contributed by atoms with Crippen molar-refractivity contribution in [3.05, 3.63) is 28.2 Å². The molecule has 17 heavy (non-hydrogen) atoms. The predicted octanol–water partition coefficient (Wildman–Crippen LogP) is 2.52. The first kappa shape index (κ1) is 14.8. The van der Waals surface area contributed by atoms with Gasteiger partial charge in [-0.15, -0.1) is 11.3 Å². The van der Waals surface area contributed by atoms with E-state index in [4.69, 9.17) is 28.0 Å². The molecular formula is C10H8ClN5S. The van der Waals surface area contributed by atoms with Crippen molar-refractivity contribution < 1.29 is 0 Å². The van der Waals surface area contributed by atoms with E-state index in [1.54, 1.807) is 0 Å². The number of nitrogens with zero attached hydrogens (tertiary/aromatic N) is 4. The van der Waals surface area contributed by atoms with Crippen LogP contribution in [-0.2, 0) is 0 Å². The summed E-state index contributed by atoms with van der Waals surface area (Å²) in [4.78, 5) is 4.27. The Hall–Kier alpha value is -2.15. The Morgan fingerprint density at radius 3 is 2.59 bits per heavy atom. The summed E-state index contributed by atoms with van der Waals surface area (Å²) in [7, 11) is 0. The summed E-state index contributed by atoms with van der Waals surface area (Å²) in [5, 5.41) is 17.9. The minimum absolute atomic E-state index is 0.689. The summed E-state index contributed by atoms with van der Waals surface area (Å²) in [5.74, 6) is 5.02. The van der Waals surface area contributed by atoms with Gasteiger partial charge in [0.1, 0.15) is 5.01 Å². The van der Waals surface area contributed by atoms with Crippen molar-refractivity contribution in [2.45, 2.75) is 0 Å². The van der Waals surface area contributed by atoms with Crippen LogP contribution in [0, 0.1) is 23.7 Å². The predicted molar refractivity (Wildman–Crippen MR) is 69.8 cm³/mol. The second-order valence-corrected chi connectivity index (χ2v) is 3.94. The van der Waals surface area contributed by atoms with Gasteiger partial charge in [0.25, 0.3) is 0 Å². The largest absolute Gasteiger partial charge is 0.323 e. The minimum Gasteiger partial charge on any atom is -0.323 e. The molecule has 2 N–H and O–H groups in total. The Morgan fingerprint density at radius 1 is 1.35 bits per heavy atom. The number of rotatable bonds is 1. The molecule has 1 aromatic carbocycles. The first-order valence-corrected chi connectivity index (χ1v) is 5.30. The maximum Gasteiger partial charge on any atom is 0.137 e. The quantitative estimate of drug-likeness (QED) is 0.486. The molecule has 0 saturated carbocycles. The summed E-state index contributed by atoms with van der Waals surface area (Å²) < 4.78 is 1.08. The van der Waals surface area contributed by atoms with Gasteiger partial charge in [0, 0.05) is 18.2 Å². The number of benzene rings is 1. The normalized spacial score (nSPS) is 9.00. The molecule has 7 heteroatoms. The molecule has 2 rings (SSSR count). The van der Waals surface area contributed by atoms with Gasteiger partial charge in [-0.25, -0.2) is 15.5 Å². The van der Waals surface area contributed by atoms with Gasteiger partial charge < -0.3 is 5.84 Å². The Bertz CT molecular complexity index is 537. The monoisotopic (exact) mass is 265 g/mol. The van der Waals surface area contributed by atoms with Gasteiger partial charge in [-0.2, -0.15) is 5.10 Å². The molecule has 0 bridgehead atoms. The standard InChI is InChI=1S/C8H6ClN3S.2CHN/c9-5-1-2-7-6(3-5)12-8(13-7)4-11-10;2*1-2/h1-4H,10H2;2*1H. The number of fused-ring (bicyclic) bond motifs is 1. The third-order valence-corrected chi connectivity index (χ3v) is 2.76. The molecule has 1 aromatic heterocycles. The van der Waals surface area contributed by atoms with Crippen molar-refractivity contribution in [2.24, 2.45) is 10.9 Å². The maximum atomic E-state index is 6.50. The third kappa shape index (κ3) is 4.07. The van der Waals surface area contributed by atoms with Crippen LogP contribution in [0.25, 0.3) is 10.2 Å². The second kappa shape index (κ2) is 8.05. The van der Waals surface area contributed by atoms with E-state index < -0.39 is 0 Å². The molecule has 2 aromatic rings. The topological polar surface area (TPSA) is 98.8 Å². The van der Waals surface area contributed by atoms with Gasteiger partial charge in [0.15, 0.2) is 0 Å². The number of hydrogen-bond acceptors (Lipinski definition) is 6. The van der Waals surface area contributed by atoms with E-state index in [-0.39, 0.29) is 0 Å². The van der Waals surface area contributed by atoms with Crippen molar-refractivity contribution in [3.63, 3.8) is 0 Å². The summed E-state index contributed by atoms with van der Waals surface area (Å²) in [6.45, 7) is 7.00. The fourth-order valence-electron chi connectivity index (χ4n) is 1.04. The number of nitrogens with two attached hydrogens (primary N) is 1. The lowest BCUT2D eigenvalue weighted by atomic mass is 10.3. The van der Waals surface area contributed by atoms with E-state index in [9.17, 15) is 0 Å². The fraction of sp³-hybridized carbons (Fsp3) is 0. The van der Waals surface area contributed by atoms with Gasteiger partial charge in [-0.1, -0.05) is 11.6 Å². The lowest BCUT2D eigenvalue weighted by Crippen LogP contribution is -1.83. The number of aromatic nitrogens is 1. The molecule has 0 radical (unpaired) electrons. The Labute approximate surface area is 107 Å². The van der Waals surface area contributed by atoms with E-state index in [2.05, 4.69) is 23.2 Å². The molecule has 0 saturated heterocycles. The summed E-state index contributed by atoms with van der Waals surface area (Å²) >= 11 is 7.34. The van der Waals surface area contributed by atoms with Gasteiger partial charge in [-0.05, 0) is 18.2 Å². The molecule has 0 amide bonds. The Morgan fingerprint density at radius 2 is 2.00 bits per heavy atom. The summed E-state index contributed by atoms with van der Waals surface area (Å²) in [5.41, 5.74) is 0.882. The van der Waals surface area contributed by atoms with E-state index in [0.717, 1.165) is 15.2 Å². The maximum absolute atomic E-state index is 6.50. The zero-order valence-corrected chi connectivity index (χ0v) is 10.2. The average Bonchev–Trinajstić information content (AvgIpc) is 2.76.